The van der Waals surface area contributed by atoms with Gasteiger partial charge in [-0.3, -0.25) is 0 Å². The average Bonchev–Trinajstić information content (AvgIpc) is 2.71. The first-order chi connectivity index (χ1) is 13.5. The van der Waals surface area contributed by atoms with Crippen molar-refractivity contribution >= 4 is 11.9 Å². The van der Waals surface area contributed by atoms with E-state index in [1.165, 1.54) is 0 Å². The summed E-state index contributed by atoms with van der Waals surface area (Å²) in [5.74, 6) is 8.08. The van der Waals surface area contributed by atoms with Crippen LogP contribution < -0.4 is 113 Å². The first kappa shape index (κ1) is 27.0. The van der Waals surface area contributed by atoms with Gasteiger partial charge >= 0.3 is 103 Å². The van der Waals surface area contributed by atoms with E-state index >= 15 is 0 Å². The number of benzene rings is 3. The van der Waals surface area contributed by atoms with Crippen LogP contribution in [0.4, 0.5) is 0 Å². The van der Waals surface area contributed by atoms with Gasteiger partial charge in [0.1, 0.15) is 0 Å². The molecule has 0 saturated carbocycles. The Kier molecular flexibility index (Phi) is 12.1. The van der Waals surface area contributed by atoms with Crippen molar-refractivity contribution in [2.24, 2.45) is 0 Å². The second-order valence-corrected chi connectivity index (χ2v) is 5.75. The van der Waals surface area contributed by atoms with Crippen LogP contribution >= 0.6 is 0 Å². The van der Waals surface area contributed by atoms with Crippen molar-refractivity contribution in [2.45, 2.75) is 0 Å². The van der Waals surface area contributed by atoms with E-state index in [0.717, 1.165) is 12.1 Å². The fourth-order valence-electron chi connectivity index (χ4n) is 2.47. The van der Waals surface area contributed by atoms with E-state index in [4.69, 9.17) is 0 Å². The van der Waals surface area contributed by atoms with E-state index in [0.29, 0.717) is 11.1 Å². The summed E-state index contributed by atoms with van der Waals surface area (Å²) in [5.41, 5.74) is 0.905. The minimum atomic E-state index is -1.47. The third-order valence-corrected chi connectivity index (χ3v) is 3.83. The number of carbonyl (C=O) groups excluding carboxylic acids is 2. The molecule has 0 unspecified atom stereocenters. The van der Waals surface area contributed by atoms with Crippen molar-refractivity contribution in [3.63, 3.8) is 0 Å². The Morgan fingerprint density at radius 3 is 1.20 bits per heavy atom. The van der Waals surface area contributed by atoms with Crippen molar-refractivity contribution in [1.29, 1.82) is 0 Å². The molecule has 6 heteroatoms. The van der Waals surface area contributed by atoms with Gasteiger partial charge in [-0.15, -0.1) is 0 Å². The summed E-state index contributed by atoms with van der Waals surface area (Å²) in [6, 6.07) is 20.1. The molecule has 0 saturated heterocycles. The molecule has 0 bridgehead atoms. The molecule has 0 amide bonds. The van der Waals surface area contributed by atoms with Gasteiger partial charge < -0.3 is 19.8 Å². The number of carboxylic acids is 2. The van der Waals surface area contributed by atoms with Crippen LogP contribution in [0.2, 0.25) is 0 Å². The van der Waals surface area contributed by atoms with Crippen LogP contribution in [0, 0.1) is 23.7 Å². The Hall–Kier alpha value is -1.01. The predicted molar refractivity (Wildman–Crippen MR) is 99.9 cm³/mol. The normalized spacial score (nSPS) is 8.80. The first-order valence-corrected chi connectivity index (χ1v) is 8.29. The second kappa shape index (κ2) is 13.4. The number of carbonyl (C=O) groups is 2. The van der Waals surface area contributed by atoms with E-state index in [1.807, 2.05) is 12.1 Å². The number of rotatable bonds is 2. The van der Waals surface area contributed by atoms with Gasteiger partial charge in [-0.05, 0) is 36.4 Å². The van der Waals surface area contributed by atoms with E-state index in [-0.39, 0.29) is 125 Å². The van der Waals surface area contributed by atoms with E-state index < -0.39 is 11.9 Å². The molecular formula is C24H12K2O4. The molecule has 0 atom stereocenters. The maximum absolute atomic E-state index is 11.6. The molecule has 30 heavy (non-hydrogen) atoms. The van der Waals surface area contributed by atoms with Crippen molar-refractivity contribution in [3.8, 4) is 23.7 Å². The topological polar surface area (TPSA) is 80.3 Å². The molecule has 0 radical (unpaired) electrons. The smallest absolute Gasteiger partial charge is 0.545 e. The van der Waals surface area contributed by atoms with Gasteiger partial charge in [0.05, 0.1) is 11.9 Å². The summed E-state index contributed by atoms with van der Waals surface area (Å²) in [6.45, 7) is 0. The zero-order valence-corrected chi connectivity index (χ0v) is 22.8. The third-order valence-electron chi connectivity index (χ3n) is 3.83. The molecule has 3 aromatic rings. The Morgan fingerprint density at radius 1 is 0.567 bits per heavy atom. The van der Waals surface area contributed by atoms with Crippen LogP contribution in [0.5, 0.6) is 0 Å². The zero-order chi connectivity index (χ0) is 19.9. The maximum Gasteiger partial charge on any atom is 1.00 e. The molecule has 0 aliphatic carbocycles. The van der Waals surface area contributed by atoms with Gasteiger partial charge in [-0.25, -0.2) is 0 Å². The van der Waals surface area contributed by atoms with Gasteiger partial charge in [-0.2, -0.15) is 0 Å². The van der Waals surface area contributed by atoms with Gasteiger partial charge in [0.25, 0.3) is 0 Å². The van der Waals surface area contributed by atoms with Crippen LogP contribution in [0.1, 0.15) is 43.0 Å². The minimum absolute atomic E-state index is 0. The molecule has 0 N–H and O–H groups in total. The van der Waals surface area contributed by atoms with Gasteiger partial charge in [-0.1, -0.05) is 60.1 Å². The van der Waals surface area contributed by atoms with Crippen LogP contribution in [-0.2, 0) is 0 Å². The van der Waals surface area contributed by atoms with Gasteiger partial charge in [0, 0.05) is 33.4 Å². The standard InChI is InChI=1S/C24H14O4.2K/c25-23(26)21-16-20(14-12-18-9-5-2-6-10-18)22(24(27)28)15-19(21)13-11-17-7-3-1-4-8-17;;/h1-10,15-16H,(H,25,26)(H,27,28);;/q;2*+1/p-2. The number of aromatic carboxylic acids is 2. The molecule has 4 nitrogen and oxygen atoms in total. The molecule has 0 heterocycles. The van der Waals surface area contributed by atoms with Crippen LogP contribution in [0.15, 0.2) is 72.8 Å². The van der Waals surface area contributed by atoms with E-state index in [2.05, 4.69) is 23.7 Å². The molecule has 0 spiro atoms. The Bertz CT molecular complexity index is 1070. The largest absolute Gasteiger partial charge is 1.00 e. The van der Waals surface area contributed by atoms with Crippen molar-refractivity contribution in [1.82, 2.24) is 0 Å². The van der Waals surface area contributed by atoms with Crippen LogP contribution in [0.25, 0.3) is 0 Å². The Labute approximate surface area is 259 Å². The minimum Gasteiger partial charge on any atom is -0.545 e. The number of hydrogen-bond acceptors (Lipinski definition) is 4. The fourth-order valence-corrected chi connectivity index (χ4v) is 2.47. The SMILES string of the molecule is O=C([O-])c1cc(C#Cc2ccccc2)c(C(=O)[O-])cc1C#Cc1ccccc1.[K+].[K+]. The van der Waals surface area contributed by atoms with Gasteiger partial charge in [0.2, 0.25) is 0 Å². The summed E-state index contributed by atoms with van der Waals surface area (Å²) in [4.78, 5) is 23.1. The summed E-state index contributed by atoms with van der Waals surface area (Å²) >= 11 is 0. The van der Waals surface area contributed by atoms with Crippen LogP contribution in [-0.4, -0.2) is 11.9 Å². The maximum atomic E-state index is 11.6. The van der Waals surface area contributed by atoms with E-state index in [9.17, 15) is 19.8 Å². The molecule has 3 rings (SSSR count). The molecule has 0 fully saturated rings. The summed E-state index contributed by atoms with van der Waals surface area (Å²) in [7, 11) is 0. The first-order valence-electron chi connectivity index (χ1n) is 8.29. The zero-order valence-electron chi connectivity index (χ0n) is 16.6. The summed E-state index contributed by atoms with van der Waals surface area (Å²) < 4.78 is 0. The second-order valence-electron chi connectivity index (χ2n) is 5.75. The molecular weight excluding hydrogens is 430 g/mol. The van der Waals surface area contributed by atoms with Crippen LogP contribution in [0.3, 0.4) is 0 Å². The van der Waals surface area contributed by atoms with Crippen molar-refractivity contribution in [3.05, 3.63) is 106 Å². The molecule has 3 aromatic carbocycles. The molecule has 0 aliphatic rings. The number of hydrogen-bond donors (Lipinski definition) is 0. The predicted octanol–water partition coefficient (Wildman–Crippen LogP) is -4.78. The van der Waals surface area contributed by atoms with Crippen molar-refractivity contribution < 1.29 is 123 Å². The molecule has 0 aliphatic heterocycles. The van der Waals surface area contributed by atoms with E-state index in [1.54, 1.807) is 48.5 Å². The summed E-state index contributed by atoms with van der Waals surface area (Å²) in [6.07, 6.45) is 0. The average molecular weight is 443 g/mol. The van der Waals surface area contributed by atoms with Crippen molar-refractivity contribution in [2.75, 3.05) is 0 Å². The number of carboxylic acid groups (broad SMARTS) is 2. The Morgan fingerprint density at radius 2 is 0.900 bits per heavy atom. The Balaban J connectivity index is 0.00000225. The summed E-state index contributed by atoms with van der Waals surface area (Å²) in [5, 5.41) is 23.1. The fraction of sp³-hybridized carbons (Fsp3) is 0. The molecule has 0 aromatic heterocycles. The third kappa shape index (κ3) is 7.60. The monoisotopic (exact) mass is 442 g/mol. The molecule has 134 valence electrons. The van der Waals surface area contributed by atoms with Gasteiger partial charge in [0.15, 0.2) is 0 Å². The quantitative estimate of drug-likeness (QED) is 0.295.